The first-order chi connectivity index (χ1) is 7.20. The minimum atomic E-state index is 0.569. The molecule has 0 fully saturated rings. The molecule has 3 nitrogen and oxygen atoms in total. The van der Waals surface area contributed by atoms with Crippen molar-refractivity contribution < 1.29 is 4.79 Å². The van der Waals surface area contributed by atoms with E-state index in [-0.39, 0.29) is 0 Å². The van der Waals surface area contributed by atoms with E-state index in [0.717, 1.165) is 12.0 Å². The first-order valence-corrected chi connectivity index (χ1v) is 4.77. The highest BCUT2D eigenvalue weighted by Gasteiger charge is 2.03. The van der Waals surface area contributed by atoms with Crippen molar-refractivity contribution in [2.45, 2.75) is 13.8 Å². The van der Waals surface area contributed by atoms with Crippen LogP contribution in [0.3, 0.4) is 0 Å². The second-order valence-corrected chi connectivity index (χ2v) is 3.65. The van der Waals surface area contributed by atoms with Crippen LogP contribution in [0.2, 0.25) is 0 Å². The summed E-state index contributed by atoms with van der Waals surface area (Å²) in [6, 6.07) is 6.16. The molecule has 0 aliphatic rings. The molecule has 0 aliphatic carbocycles. The molecule has 1 aromatic carbocycles. The van der Waals surface area contributed by atoms with E-state index in [1.165, 1.54) is 11.1 Å². The van der Waals surface area contributed by atoms with E-state index in [1.54, 1.807) is 17.1 Å². The van der Waals surface area contributed by atoms with Crippen LogP contribution in [-0.4, -0.2) is 15.8 Å². The van der Waals surface area contributed by atoms with Gasteiger partial charge in [0, 0.05) is 5.69 Å². The molecule has 1 heterocycles. The Morgan fingerprint density at radius 3 is 2.47 bits per heavy atom. The van der Waals surface area contributed by atoms with Crippen molar-refractivity contribution in [2.24, 2.45) is 0 Å². The van der Waals surface area contributed by atoms with Crippen LogP contribution < -0.4 is 0 Å². The number of carbonyl (C=O) groups is 1. The van der Waals surface area contributed by atoms with Crippen molar-refractivity contribution in [3.8, 4) is 5.69 Å². The zero-order chi connectivity index (χ0) is 10.8. The molecule has 1 aromatic heterocycles. The Labute approximate surface area is 88.4 Å². The van der Waals surface area contributed by atoms with Gasteiger partial charge in [-0.15, -0.1) is 0 Å². The summed E-state index contributed by atoms with van der Waals surface area (Å²) in [4.78, 5) is 14.7. The standard InChI is InChI=1S/C12H12N2O/c1-9-3-10(2)5-11(4-9)14-8-13-6-12(14)7-15/h3-8H,1-2H3. The third-order valence-corrected chi connectivity index (χ3v) is 2.27. The second kappa shape index (κ2) is 3.69. The predicted octanol–water partition coefficient (Wildman–Crippen LogP) is 2.30. The van der Waals surface area contributed by atoms with E-state index < -0.39 is 0 Å². The average molecular weight is 200 g/mol. The predicted molar refractivity (Wildman–Crippen MR) is 58.4 cm³/mol. The first-order valence-electron chi connectivity index (χ1n) is 4.77. The lowest BCUT2D eigenvalue weighted by molar-refractivity contribution is 0.111. The van der Waals surface area contributed by atoms with Gasteiger partial charge in [-0.3, -0.25) is 9.36 Å². The minimum Gasteiger partial charge on any atom is -0.296 e. The molecule has 0 spiro atoms. The number of imidazole rings is 1. The van der Waals surface area contributed by atoms with Crippen LogP contribution >= 0.6 is 0 Å². The Kier molecular flexibility index (Phi) is 2.37. The Balaban J connectivity index is 2.58. The van der Waals surface area contributed by atoms with Crippen LogP contribution in [0.25, 0.3) is 5.69 Å². The quantitative estimate of drug-likeness (QED) is 0.697. The number of aldehydes is 1. The maximum Gasteiger partial charge on any atom is 0.168 e. The van der Waals surface area contributed by atoms with Crippen molar-refractivity contribution in [3.63, 3.8) is 0 Å². The lowest BCUT2D eigenvalue weighted by Gasteiger charge is -2.06. The SMILES string of the molecule is Cc1cc(C)cc(-n2cncc2C=O)c1. The number of hydrogen-bond donors (Lipinski definition) is 0. The van der Waals surface area contributed by atoms with Crippen molar-refractivity contribution in [3.05, 3.63) is 47.5 Å². The van der Waals surface area contributed by atoms with Crippen LogP contribution in [0.1, 0.15) is 21.6 Å². The molecule has 0 atom stereocenters. The second-order valence-electron chi connectivity index (χ2n) is 3.65. The lowest BCUT2D eigenvalue weighted by Crippen LogP contribution is -1.98. The average Bonchev–Trinajstić information content (AvgIpc) is 2.63. The van der Waals surface area contributed by atoms with E-state index in [0.29, 0.717) is 5.69 Å². The van der Waals surface area contributed by atoms with E-state index in [4.69, 9.17) is 0 Å². The van der Waals surface area contributed by atoms with Gasteiger partial charge in [0.2, 0.25) is 0 Å². The van der Waals surface area contributed by atoms with Gasteiger partial charge in [0.25, 0.3) is 0 Å². The first kappa shape index (κ1) is 9.65. The van der Waals surface area contributed by atoms with Crippen molar-refractivity contribution in [1.82, 2.24) is 9.55 Å². The summed E-state index contributed by atoms with van der Waals surface area (Å²) in [6.45, 7) is 4.07. The van der Waals surface area contributed by atoms with Gasteiger partial charge >= 0.3 is 0 Å². The van der Waals surface area contributed by atoms with Crippen molar-refractivity contribution in [1.29, 1.82) is 0 Å². The number of hydrogen-bond acceptors (Lipinski definition) is 2. The molecule has 15 heavy (non-hydrogen) atoms. The summed E-state index contributed by atoms with van der Waals surface area (Å²) in [6.07, 6.45) is 4.02. The molecule has 0 amide bonds. The van der Waals surface area contributed by atoms with Crippen LogP contribution in [0.5, 0.6) is 0 Å². The summed E-state index contributed by atoms with van der Waals surface area (Å²) < 4.78 is 1.78. The highest BCUT2D eigenvalue weighted by molar-refractivity contribution is 5.73. The molecule has 0 aliphatic heterocycles. The van der Waals surface area contributed by atoms with Crippen molar-refractivity contribution in [2.75, 3.05) is 0 Å². The van der Waals surface area contributed by atoms with Crippen LogP contribution in [0.4, 0.5) is 0 Å². The molecule has 2 rings (SSSR count). The number of benzene rings is 1. The van der Waals surface area contributed by atoms with Gasteiger partial charge < -0.3 is 0 Å². The zero-order valence-corrected chi connectivity index (χ0v) is 8.77. The topological polar surface area (TPSA) is 34.9 Å². The summed E-state index contributed by atoms with van der Waals surface area (Å²) in [5.74, 6) is 0. The van der Waals surface area contributed by atoms with Gasteiger partial charge in [-0.1, -0.05) is 6.07 Å². The Hall–Kier alpha value is -1.90. The van der Waals surface area contributed by atoms with E-state index >= 15 is 0 Å². The maximum atomic E-state index is 10.8. The summed E-state index contributed by atoms with van der Waals surface area (Å²) >= 11 is 0. The maximum absolute atomic E-state index is 10.8. The zero-order valence-electron chi connectivity index (χ0n) is 8.77. The monoisotopic (exact) mass is 200 g/mol. The summed E-state index contributed by atoms with van der Waals surface area (Å²) in [5.41, 5.74) is 3.90. The molecule has 3 heteroatoms. The number of carbonyl (C=O) groups excluding carboxylic acids is 1. The third-order valence-electron chi connectivity index (χ3n) is 2.27. The minimum absolute atomic E-state index is 0.569. The van der Waals surface area contributed by atoms with E-state index in [1.807, 2.05) is 26.0 Å². The summed E-state index contributed by atoms with van der Waals surface area (Å²) in [5, 5.41) is 0. The molecule has 76 valence electrons. The number of rotatable bonds is 2. The molecule has 0 unspecified atom stereocenters. The Morgan fingerprint density at radius 1 is 1.20 bits per heavy atom. The molecule has 0 radical (unpaired) electrons. The normalized spacial score (nSPS) is 10.3. The Morgan fingerprint density at radius 2 is 1.87 bits per heavy atom. The van der Waals surface area contributed by atoms with Gasteiger partial charge in [-0.2, -0.15) is 0 Å². The van der Waals surface area contributed by atoms with Gasteiger partial charge in [-0.25, -0.2) is 4.98 Å². The van der Waals surface area contributed by atoms with Crippen LogP contribution in [0, 0.1) is 13.8 Å². The van der Waals surface area contributed by atoms with Crippen molar-refractivity contribution >= 4 is 6.29 Å². The van der Waals surface area contributed by atoms with Crippen LogP contribution in [-0.2, 0) is 0 Å². The highest BCUT2D eigenvalue weighted by atomic mass is 16.1. The number of nitrogens with zero attached hydrogens (tertiary/aromatic N) is 2. The van der Waals surface area contributed by atoms with Gasteiger partial charge in [-0.05, 0) is 37.1 Å². The smallest absolute Gasteiger partial charge is 0.168 e. The molecular formula is C12H12N2O. The lowest BCUT2D eigenvalue weighted by atomic mass is 10.1. The summed E-state index contributed by atoms with van der Waals surface area (Å²) in [7, 11) is 0. The van der Waals surface area contributed by atoms with Gasteiger partial charge in [0.15, 0.2) is 6.29 Å². The third kappa shape index (κ3) is 1.81. The number of aromatic nitrogens is 2. The van der Waals surface area contributed by atoms with E-state index in [9.17, 15) is 4.79 Å². The van der Waals surface area contributed by atoms with Gasteiger partial charge in [0.05, 0.1) is 12.5 Å². The highest BCUT2D eigenvalue weighted by Crippen LogP contribution is 2.14. The van der Waals surface area contributed by atoms with E-state index in [2.05, 4.69) is 11.1 Å². The van der Waals surface area contributed by atoms with Crippen LogP contribution in [0.15, 0.2) is 30.7 Å². The number of aryl methyl sites for hydroxylation is 2. The fourth-order valence-corrected chi connectivity index (χ4v) is 1.70. The molecule has 0 N–H and O–H groups in total. The molecular weight excluding hydrogens is 188 g/mol. The molecule has 0 bridgehead atoms. The molecule has 0 saturated heterocycles. The fourth-order valence-electron chi connectivity index (χ4n) is 1.70. The van der Waals surface area contributed by atoms with Gasteiger partial charge in [0.1, 0.15) is 5.69 Å². The molecule has 0 saturated carbocycles. The largest absolute Gasteiger partial charge is 0.296 e. The fraction of sp³-hybridized carbons (Fsp3) is 0.167. The Bertz CT molecular complexity index is 480. The molecule has 2 aromatic rings.